The summed E-state index contributed by atoms with van der Waals surface area (Å²) in [5, 5.41) is 6.55. The fourth-order valence-electron chi connectivity index (χ4n) is 2.83. The molecule has 8 heteroatoms. The zero-order chi connectivity index (χ0) is 21.1. The van der Waals surface area contributed by atoms with E-state index in [-0.39, 0.29) is 24.7 Å². The van der Waals surface area contributed by atoms with E-state index < -0.39 is 0 Å². The Morgan fingerprint density at radius 3 is 2.79 bits per heavy atom. The van der Waals surface area contributed by atoms with Gasteiger partial charge in [-0.1, -0.05) is 6.07 Å². The monoisotopic (exact) mass is 406 g/mol. The van der Waals surface area contributed by atoms with Crippen molar-refractivity contribution >= 4 is 11.9 Å². The quantitative estimate of drug-likeness (QED) is 0.479. The molecule has 1 aromatic rings. The normalized spacial score (nSPS) is 17.9. The van der Waals surface area contributed by atoms with Gasteiger partial charge in [0.1, 0.15) is 24.1 Å². The van der Waals surface area contributed by atoms with Gasteiger partial charge in [-0.15, -0.1) is 0 Å². The first kappa shape index (κ1) is 22.8. The van der Waals surface area contributed by atoms with Crippen LogP contribution in [0.3, 0.4) is 0 Å². The topological polar surface area (TPSA) is 84.4 Å². The lowest BCUT2D eigenvalue weighted by molar-refractivity contribution is -0.127. The van der Waals surface area contributed by atoms with Crippen LogP contribution >= 0.6 is 0 Å². The van der Waals surface area contributed by atoms with Crippen molar-refractivity contribution in [2.75, 3.05) is 47.4 Å². The van der Waals surface area contributed by atoms with E-state index in [2.05, 4.69) is 15.6 Å². The molecule has 0 radical (unpaired) electrons. The van der Waals surface area contributed by atoms with E-state index >= 15 is 0 Å². The number of carbonyl (C=O) groups excluding carboxylic acids is 1. The standard InChI is InChI=1S/C21H34N4O4/c1-16(29-18-10-7-9-17(12-18)27-4)13-22-21(24-15-20(26)25(2)3)23-14-19-8-5-6-11-28-19/h7,9-10,12,16,19H,5-6,8,11,13-15H2,1-4H3,(H2,22,23,24). The number of ether oxygens (including phenoxy) is 3. The van der Waals surface area contributed by atoms with Gasteiger partial charge in [0.15, 0.2) is 5.96 Å². The van der Waals surface area contributed by atoms with Crippen molar-refractivity contribution in [3.8, 4) is 11.5 Å². The Hall–Kier alpha value is -2.48. The summed E-state index contributed by atoms with van der Waals surface area (Å²) in [5.41, 5.74) is 0. The van der Waals surface area contributed by atoms with Gasteiger partial charge < -0.3 is 29.7 Å². The molecular weight excluding hydrogens is 372 g/mol. The third-order valence-corrected chi connectivity index (χ3v) is 4.58. The number of guanidine groups is 1. The summed E-state index contributed by atoms with van der Waals surface area (Å²) < 4.78 is 16.9. The average Bonchev–Trinajstić information content (AvgIpc) is 2.73. The first-order valence-electron chi connectivity index (χ1n) is 10.1. The van der Waals surface area contributed by atoms with E-state index in [1.807, 2.05) is 31.2 Å². The number of hydrogen-bond donors (Lipinski definition) is 2. The first-order chi connectivity index (χ1) is 14.0. The molecule has 162 valence electrons. The molecule has 0 spiro atoms. The maximum absolute atomic E-state index is 11.9. The summed E-state index contributed by atoms with van der Waals surface area (Å²) in [6.07, 6.45) is 3.39. The number of nitrogens with zero attached hydrogens (tertiary/aromatic N) is 2. The zero-order valence-corrected chi connectivity index (χ0v) is 17.9. The summed E-state index contributed by atoms with van der Waals surface area (Å²) in [6, 6.07) is 7.50. The largest absolute Gasteiger partial charge is 0.497 e. The molecule has 2 rings (SSSR count). The van der Waals surface area contributed by atoms with Crippen molar-refractivity contribution in [1.29, 1.82) is 0 Å². The van der Waals surface area contributed by atoms with Gasteiger partial charge in [-0.25, -0.2) is 4.99 Å². The molecule has 1 fully saturated rings. The van der Waals surface area contributed by atoms with Gasteiger partial charge in [0, 0.05) is 33.3 Å². The molecule has 8 nitrogen and oxygen atoms in total. The minimum Gasteiger partial charge on any atom is -0.497 e. The van der Waals surface area contributed by atoms with Crippen molar-refractivity contribution < 1.29 is 19.0 Å². The molecule has 0 bridgehead atoms. The highest BCUT2D eigenvalue weighted by Crippen LogP contribution is 2.19. The third-order valence-electron chi connectivity index (χ3n) is 4.58. The van der Waals surface area contributed by atoms with Crippen LogP contribution in [0.2, 0.25) is 0 Å². The van der Waals surface area contributed by atoms with Gasteiger partial charge in [-0.05, 0) is 38.3 Å². The lowest BCUT2D eigenvalue weighted by Gasteiger charge is -2.24. The second kappa shape index (κ2) is 12.2. The summed E-state index contributed by atoms with van der Waals surface area (Å²) in [5.74, 6) is 2.01. The second-order valence-electron chi connectivity index (χ2n) is 7.31. The number of aliphatic imine (C=N–C) groups is 1. The predicted molar refractivity (Wildman–Crippen MR) is 114 cm³/mol. The Bertz CT molecular complexity index is 660. The van der Waals surface area contributed by atoms with Crippen molar-refractivity contribution in [3.63, 3.8) is 0 Å². The average molecular weight is 407 g/mol. The van der Waals surface area contributed by atoms with Crippen LogP contribution in [0.15, 0.2) is 29.3 Å². The fourth-order valence-corrected chi connectivity index (χ4v) is 2.83. The highest BCUT2D eigenvalue weighted by Gasteiger charge is 2.15. The van der Waals surface area contributed by atoms with Gasteiger partial charge in [0.25, 0.3) is 0 Å². The number of benzene rings is 1. The van der Waals surface area contributed by atoms with Crippen molar-refractivity contribution in [3.05, 3.63) is 24.3 Å². The van der Waals surface area contributed by atoms with Crippen LogP contribution in [-0.4, -0.2) is 76.4 Å². The van der Waals surface area contributed by atoms with Crippen molar-refractivity contribution in [1.82, 2.24) is 15.5 Å². The predicted octanol–water partition coefficient (Wildman–Crippen LogP) is 1.66. The Morgan fingerprint density at radius 2 is 2.10 bits per heavy atom. The number of rotatable bonds is 9. The number of nitrogens with one attached hydrogen (secondary N) is 2. The summed E-state index contributed by atoms with van der Waals surface area (Å²) in [6.45, 7) is 4.05. The van der Waals surface area contributed by atoms with E-state index in [0.717, 1.165) is 30.9 Å². The molecule has 1 aliphatic heterocycles. The lowest BCUT2D eigenvalue weighted by Crippen LogP contribution is -2.45. The second-order valence-corrected chi connectivity index (χ2v) is 7.31. The molecular formula is C21H34N4O4. The molecule has 29 heavy (non-hydrogen) atoms. The molecule has 1 aromatic carbocycles. The summed E-state index contributed by atoms with van der Waals surface area (Å²) in [7, 11) is 5.07. The third kappa shape index (κ3) is 8.60. The maximum Gasteiger partial charge on any atom is 0.243 e. The van der Waals surface area contributed by atoms with E-state index in [9.17, 15) is 4.79 Å². The minimum absolute atomic E-state index is 0.0549. The van der Waals surface area contributed by atoms with Crippen molar-refractivity contribution in [2.24, 2.45) is 4.99 Å². The molecule has 2 N–H and O–H groups in total. The Kier molecular flexibility index (Phi) is 9.56. The van der Waals surface area contributed by atoms with Crippen LogP contribution in [0.4, 0.5) is 0 Å². The number of amides is 1. The van der Waals surface area contributed by atoms with Crippen molar-refractivity contribution in [2.45, 2.75) is 38.4 Å². The highest BCUT2D eigenvalue weighted by molar-refractivity contribution is 5.84. The first-order valence-corrected chi connectivity index (χ1v) is 10.1. The minimum atomic E-state index is -0.107. The zero-order valence-electron chi connectivity index (χ0n) is 17.9. The van der Waals surface area contributed by atoms with Crippen LogP contribution in [0, 0.1) is 0 Å². The fraction of sp³-hybridized carbons (Fsp3) is 0.619. The van der Waals surface area contributed by atoms with Crippen LogP contribution in [0.25, 0.3) is 0 Å². The lowest BCUT2D eigenvalue weighted by atomic mass is 10.1. The molecule has 0 aromatic heterocycles. The molecule has 1 amide bonds. The van der Waals surface area contributed by atoms with Gasteiger partial charge in [-0.2, -0.15) is 0 Å². The maximum atomic E-state index is 11.9. The smallest absolute Gasteiger partial charge is 0.243 e. The molecule has 1 heterocycles. The van der Waals surface area contributed by atoms with Crippen LogP contribution in [0.5, 0.6) is 11.5 Å². The van der Waals surface area contributed by atoms with Crippen LogP contribution in [-0.2, 0) is 9.53 Å². The van der Waals surface area contributed by atoms with Crippen LogP contribution in [0.1, 0.15) is 26.2 Å². The summed E-state index contributed by atoms with van der Waals surface area (Å²) >= 11 is 0. The van der Waals surface area contributed by atoms with E-state index in [0.29, 0.717) is 19.0 Å². The molecule has 1 saturated heterocycles. The number of methoxy groups -OCH3 is 1. The number of carbonyl (C=O) groups is 1. The number of likely N-dealkylation sites (N-methyl/N-ethyl adjacent to an activating group) is 1. The molecule has 0 aliphatic carbocycles. The molecule has 2 unspecified atom stereocenters. The van der Waals surface area contributed by atoms with Crippen LogP contribution < -0.4 is 20.1 Å². The SMILES string of the molecule is COc1cccc(OC(C)CNC(=NCC(=O)N(C)C)NCC2CCCCO2)c1. The highest BCUT2D eigenvalue weighted by atomic mass is 16.5. The molecule has 2 atom stereocenters. The van der Waals surface area contributed by atoms with Gasteiger partial charge >= 0.3 is 0 Å². The Balaban J connectivity index is 1.88. The molecule has 0 saturated carbocycles. The summed E-state index contributed by atoms with van der Waals surface area (Å²) in [4.78, 5) is 17.8. The van der Waals surface area contributed by atoms with E-state index in [4.69, 9.17) is 14.2 Å². The number of hydrogen-bond acceptors (Lipinski definition) is 5. The van der Waals surface area contributed by atoms with E-state index in [1.54, 1.807) is 21.2 Å². The Morgan fingerprint density at radius 1 is 1.31 bits per heavy atom. The van der Waals surface area contributed by atoms with Gasteiger partial charge in [0.05, 0.1) is 19.8 Å². The van der Waals surface area contributed by atoms with E-state index in [1.165, 1.54) is 11.3 Å². The Labute approximate surface area is 173 Å². The van der Waals surface area contributed by atoms with Gasteiger partial charge in [-0.3, -0.25) is 4.79 Å². The van der Waals surface area contributed by atoms with Gasteiger partial charge in [0.2, 0.25) is 5.91 Å². The molecule has 1 aliphatic rings.